The summed E-state index contributed by atoms with van der Waals surface area (Å²) >= 11 is 0. The van der Waals surface area contributed by atoms with Crippen molar-refractivity contribution in [2.24, 2.45) is 0 Å². The van der Waals surface area contributed by atoms with E-state index in [1.54, 1.807) is 0 Å². The van der Waals surface area contributed by atoms with Crippen LogP contribution in [0.4, 0.5) is 0 Å². The Bertz CT molecular complexity index is 71.7. The molecule has 0 aliphatic carbocycles. The summed E-state index contributed by atoms with van der Waals surface area (Å²) in [4.78, 5) is 9.65. The Labute approximate surface area is 70.0 Å². The fraction of sp³-hybridized carbons (Fsp3) is 0.750. The summed E-state index contributed by atoms with van der Waals surface area (Å²) in [5.41, 5.74) is 0. The summed E-state index contributed by atoms with van der Waals surface area (Å²) < 4.78 is 0. The minimum atomic E-state index is -0.963. The standard InChI is InChI=1S/C4H8O3.Na/c1-3(5)2-4(6)7;/h3,5H,2H2,1H3,(H,6,7);/t3-;/m1./s1/i1+1,2+1,3+1,4+1;. The second-order valence-corrected chi connectivity index (χ2v) is 1.45. The van der Waals surface area contributed by atoms with Crippen LogP contribution >= 0.6 is 0 Å². The quantitative estimate of drug-likeness (QED) is 0.391. The van der Waals surface area contributed by atoms with E-state index < -0.39 is 12.1 Å². The van der Waals surface area contributed by atoms with Crippen molar-refractivity contribution in [3.05, 3.63) is 0 Å². The minimum absolute atomic E-state index is 0. The van der Waals surface area contributed by atoms with Crippen molar-refractivity contribution in [2.75, 3.05) is 0 Å². The van der Waals surface area contributed by atoms with Gasteiger partial charge in [-0.15, -0.1) is 0 Å². The maximum atomic E-state index is 9.65. The first-order valence-electron chi connectivity index (χ1n) is 2.03. The molecule has 0 amide bonds. The Balaban J connectivity index is 0. The van der Waals surface area contributed by atoms with Gasteiger partial charge < -0.3 is 10.2 Å². The number of hydrogen-bond donors (Lipinski definition) is 2. The molecule has 2 N–H and O–H groups in total. The number of carboxylic acids is 1. The first-order chi connectivity index (χ1) is 3.13. The molecule has 8 heavy (non-hydrogen) atoms. The third kappa shape index (κ3) is 9.66. The van der Waals surface area contributed by atoms with Gasteiger partial charge in [-0.3, -0.25) is 4.79 Å². The van der Waals surface area contributed by atoms with Crippen molar-refractivity contribution in [3.8, 4) is 0 Å². The van der Waals surface area contributed by atoms with E-state index in [4.69, 9.17) is 10.2 Å². The Morgan fingerprint density at radius 1 is 1.75 bits per heavy atom. The molecule has 0 aromatic rings. The molecule has 1 radical (unpaired) electrons. The van der Waals surface area contributed by atoms with Gasteiger partial charge in [-0.2, -0.15) is 0 Å². The minimum Gasteiger partial charge on any atom is -0.481 e. The van der Waals surface area contributed by atoms with Gasteiger partial charge in [0.05, 0.1) is 12.5 Å². The van der Waals surface area contributed by atoms with Gasteiger partial charge in [0.25, 0.3) is 0 Å². The van der Waals surface area contributed by atoms with Gasteiger partial charge >= 0.3 is 5.97 Å². The fourth-order valence-electron chi connectivity index (χ4n) is 0.253. The van der Waals surface area contributed by atoms with Gasteiger partial charge in [-0.1, -0.05) is 0 Å². The van der Waals surface area contributed by atoms with Crippen LogP contribution in [0.25, 0.3) is 0 Å². The molecule has 0 aromatic carbocycles. The molecule has 43 valence electrons. The van der Waals surface area contributed by atoms with Crippen LogP contribution in [-0.2, 0) is 4.79 Å². The molecule has 1 atom stereocenters. The maximum Gasteiger partial charge on any atom is 0.305 e. The summed E-state index contributed by atoms with van der Waals surface area (Å²) in [7, 11) is 0. The molecular weight excluding hydrogens is 123 g/mol. The van der Waals surface area contributed by atoms with Crippen LogP contribution in [-0.4, -0.2) is 51.8 Å². The van der Waals surface area contributed by atoms with E-state index in [-0.39, 0.29) is 36.0 Å². The van der Waals surface area contributed by atoms with Gasteiger partial charge in [-0.25, -0.2) is 0 Å². The van der Waals surface area contributed by atoms with Crippen molar-refractivity contribution in [1.29, 1.82) is 0 Å². The summed E-state index contributed by atoms with van der Waals surface area (Å²) in [6, 6.07) is 0. The van der Waals surface area contributed by atoms with Crippen LogP contribution < -0.4 is 0 Å². The molecule has 0 unspecified atom stereocenters. The van der Waals surface area contributed by atoms with E-state index in [1.807, 2.05) is 0 Å². The molecule has 0 aliphatic rings. The maximum absolute atomic E-state index is 9.65. The van der Waals surface area contributed by atoms with Crippen LogP contribution in [0, 0.1) is 0 Å². The molecular formula is C4H8NaO3. The smallest absolute Gasteiger partial charge is 0.305 e. The van der Waals surface area contributed by atoms with Crippen LogP contribution in [0.15, 0.2) is 0 Å². The average Bonchev–Trinajstić information content (AvgIpc) is 1.27. The molecule has 0 aromatic heterocycles. The molecule has 0 heterocycles. The third-order valence-corrected chi connectivity index (χ3v) is 0.470. The number of aliphatic carboxylic acids is 1. The Morgan fingerprint density at radius 2 is 2.12 bits per heavy atom. The molecule has 0 saturated heterocycles. The summed E-state index contributed by atoms with van der Waals surface area (Å²) in [5, 5.41) is 16.3. The molecule has 0 aliphatic heterocycles. The number of carbonyl (C=O) groups is 1. The molecule has 0 bridgehead atoms. The predicted octanol–water partition coefficient (Wildman–Crippen LogP) is -0.539. The largest absolute Gasteiger partial charge is 0.481 e. The zero-order valence-electron chi connectivity index (χ0n) is 5.09. The van der Waals surface area contributed by atoms with E-state index in [9.17, 15) is 4.79 Å². The summed E-state index contributed by atoms with van der Waals surface area (Å²) in [6.45, 7) is 1.44. The fourth-order valence-corrected chi connectivity index (χ4v) is 0.253. The second-order valence-electron chi connectivity index (χ2n) is 1.45. The van der Waals surface area contributed by atoms with Crippen molar-refractivity contribution >= 4 is 35.5 Å². The average molecular weight is 131 g/mol. The van der Waals surface area contributed by atoms with Crippen LogP contribution in [0.1, 0.15) is 13.3 Å². The van der Waals surface area contributed by atoms with Crippen molar-refractivity contribution < 1.29 is 15.0 Å². The van der Waals surface area contributed by atoms with E-state index in [1.165, 1.54) is 6.92 Å². The number of aliphatic hydroxyl groups is 1. The SMILES string of the molecule is [13CH3][13C@@H](O)[13CH2][13C](=O)O.[Na]. The van der Waals surface area contributed by atoms with E-state index in [0.717, 1.165) is 0 Å². The second kappa shape index (κ2) is 5.56. The van der Waals surface area contributed by atoms with Crippen molar-refractivity contribution in [2.45, 2.75) is 19.4 Å². The predicted molar refractivity (Wildman–Crippen MR) is 29.7 cm³/mol. The summed E-state index contributed by atoms with van der Waals surface area (Å²) in [6.07, 6.45) is -0.891. The van der Waals surface area contributed by atoms with Crippen LogP contribution in [0.2, 0.25) is 0 Å². The van der Waals surface area contributed by atoms with Gasteiger partial charge in [0, 0.05) is 29.6 Å². The van der Waals surface area contributed by atoms with Crippen LogP contribution in [0.3, 0.4) is 0 Å². The topological polar surface area (TPSA) is 57.5 Å². The molecule has 0 rings (SSSR count). The van der Waals surface area contributed by atoms with Gasteiger partial charge in [-0.05, 0) is 6.92 Å². The molecule has 3 nitrogen and oxygen atoms in total. The Kier molecular flexibility index (Phi) is 7.83. The molecule has 4 heteroatoms. The number of carboxylic acid groups (broad SMARTS) is 1. The zero-order valence-corrected chi connectivity index (χ0v) is 7.09. The first kappa shape index (κ1) is 11.3. The van der Waals surface area contributed by atoms with E-state index in [0.29, 0.717) is 0 Å². The monoisotopic (exact) mass is 131 g/mol. The van der Waals surface area contributed by atoms with Gasteiger partial charge in [0.1, 0.15) is 0 Å². The first-order valence-corrected chi connectivity index (χ1v) is 2.03. The Morgan fingerprint density at radius 3 is 2.12 bits per heavy atom. The Hall–Kier alpha value is 0.430. The normalized spacial score (nSPS) is 11.8. The third-order valence-electron chi connectivity index (χ3n) is 0.470. The van der Waals surface area contributed by atoms with Gasteiger partial charge in [0.2, 0.25) is 0 Å². The number of rotatable bonds is 2. The molecule has 0 saturated carbocycles. The van der Waals surface area contributed by atoms with Crippen LogP contribution in [0.5, 0.6) is 0 Å². The van der Waals surface area contributed by atoms with E-state index >= 15 is 0 Å². The molecule has 0 fully saturated rings. The van der Waals surface area contributed by atoms with Gasteiger partial charge in [0.15, 0.2) is 0 Å². The molecule has 0 spiro atoms. The van der Waals surface area contributed by atoms with Crippen molar-refractivity contribution in [3.63, 3.8) is 0 Å². The zero-order chi connectivity index (χ0) is 5.86. The number of hydrogen-bond acceptors (Lipinski definition) is 2. The number of aliphatic hydroxyl groups excluding tert-OH is 1. The van der Waals surface area contributed by atoms with Crippen molar-refractivity contribution in [1.82, 2.24) is 0 Å². The van der Waals surface area contributed by atoms with E-state index in [2.05, 4.69) is 0 Å². The summed E-state index contributed by atoms with van der Waals surface area (Å²) in [5.74, 6) is -0.963.